The van der Waals surface area contributed by atoms with Crippen molar-refractivity contribution in [3.05, 3.63) is 27.9 Å². The van der Waals surface area contributed by atoms with Crippen LogP contribution in [0.3, 0.4) is 0 Å². The van der Waals surface area contributed by atoms with E-state index in [0.717, 1.165) is 13.1 Å². The minimum absolute atomic E-state index is 0.153. The van der Waals surface area contributed by atoms with Crippen LogP contribution in [-0.4, -0.2) is 40.5 Å². The van der Waals surface area contributed by atoms with Gasteiger partial charge in [0.25, 0.3) is 0 Å². The van der Waals surface area contributed by atoms with Crippen molar-refractivity contribution in [1.82, 2.24) is 9.88 Å². The highest BCUT2D eigenvalue weighted by molar-refractivity contribution is 5.58. The molecule has 2 rings (SSSR count). The van der Waals surface area contributed by atoms with Gasteiger partial charge in [-0.1, -0.05) is 6.42 Å². The monoisotopic (exact) mass is 289 g/mol. The topological polar surface area (TPSA) is 95.1 Å². The Morgan fingerprint density at radius 1 is 1.52 bits per heavy atom. The molecule has 0 spiro atoms. The van der Waals surface area contributed by atoms with Gasteiger partial charge in [0.2, 0.25) is 5.82 Å². The predicted octanol–water partition coefficient (Wildman–Crippen LogP) is 2.15. The van der Waals surface area contributed by atoms with Crippen molar-refractivity contribution in [1.29, 1.82) is 5.26 Å². The predicted molar refractivity (Wildman–Crippen MR) is 79.0 cm³/mol. The van der Waals surface area contributed by atoms with E-state index in [1.54, 1.807) is 0 Å². The highest BCUT2D eigenvalue weighted by Gasteiger charge is 2.20. The molecule has 0 bridgehead atoms. The number of likely N-dealkylation sites (tertiary alicyclic amines) is 1. The number of nitriles is 1. The van der Waals surface area contributed by atoms with Crippen LogP contribution in [-0.2, 0) is 0 Å². The molecule has 1 aliphatic heterocycles. The van der Waals surface area contributed by atoms with Crippen LogP contribution in [0, 0.1) is 21.4 Å². The largest absolute Gasteiger partial charge is 0.363 e. The number of rotatable bonds is 5. The van der Waals surface area contributed by atoms with E-state index in [-0.39, 0.29) is 17.1 Å². The van der Waals surface area contributed by atoms with E-state index in [2.05, 4.69) is 22.1 Å². The summed E-state index contributed by atoms with van der Waals surface area (Å²) in [4.78, 5) is 16.9. The number of anilines is 1. The van der Waals surface area contributed by atoms with Gasteiger partial charge in [0.1, 0.15) is 6.07 Å². The van der Waals surface area contributed by atoms with Gasteiger partial charge in [0.05, 0.1) is 10.5 Å². The number of nitro groups is 1. The van der Waals surface area contributed by atoms with Crippen molar-refractivity contribution in [2.75, 3.05) is 25.0 Å². The molecular weight excluding hydrogens is 270 g/mol. The van der Waals surface area contributed by atoms with Gasteiger partial charge in [-0.25, -0.2) is 4.98 Å². The van der Waals surface area contributed by atoms with Crippen molar-refractivity contribution in [3.63, 3.8) is 0 Å². The minimum atomic E-state index is -0.512. The van der Waals surface area contributed by atoms with Gasteiger partial charge in [-0.2, -0.15) is 5.26 Å². The van der Waals surface area contributed by atoms with Gasteiger partial charge >= 0.3 is 5.69 Å². The Kier molecular flexibility index (Phi) is 5.06. The van der Waals surface area contributed by atoms with Crippen molar-refractivity contribution in [2.24, 2.45) is 0 Å². The first-order valence-electron chi connectivity index (χ1n) is 7.14. The van der Waals surface area contributed by atoms with Gasteiger partial charge in [-0.3, -0.25) is 15.0 Å². The maximum atomic E-state index is 11.0. The van der Waals surface area contributed by atoms with Gasteiger partial charge in [-0.15, -0.1) is 0 Å². The standard InChI is InChI=1S/C14H19N5O2/c1-11(18-5-3-2-4-6-18)9-16-14-13(19(20)21)7-12(8-15)10-17-14/h7,10-11H,2-6,9H2,1H3,(H,16,17). The Balaban J connectivity index is 2.02. The number of piperidine rings is 1. The van der Waals surface area contributed by atoms with E-state index in [9.17, 15) is 10.1 Å². The van der Waals surface area contributed by atoms with Crippen LogP contribution in [0.15, 0.2) is 12.3 Å². The molecule has 0 radical (unpaired) electrons. The second kappa shape index (κ2) is 6.99. The highest BCUT2D eigenvalue weighted by atomic mass is 16.6. The molecule has 7 heteroatoms. The smallest absolute Gasteiger partial charge is 0.312 e. The first-order chi connectivity index (χ1) is 10.1. The van der Waals surface area contributed by atoms with Crippen molar-refractivity contribution < 1.29 is 4.92 Å². The number of nitrogens with one attached hydrogen (secondary N) is 1. The van der Waals surface area contributed by atoms with Crippen LogP contribution in [0.2, 0.25) is 0 Å². The molecule has 0 aliphatic carbocycles. The third-order valence-corrected chi connectivity index (χ3v) is 3.77. The summed E-state index contributed by atoms with van der Waals surface area (Å²) in [5, 5.41) is 22.9. The molecule has 112 valence electrons. The molecule has 21 heavy (non-hydrogen) atoms. The zero-order chi connectivity index (χ0) is 15.2. The fourth-order valence-electron chi connectivity index (χ4n) is 2.52. The molecule has 2 heterocycles. The quantitative estimate of drug-likeness (QED) is 0.659. The summed E-state index contributed by atoms with van der Waals surface area (Å²) in [6, 6.07) is 3.41. The number of nitrogens with zero attached hydrogens (tertiary/aromatic N) is 4. The Bertz CT molecular complexity index is 549. The molecule has 7 nitrogen and oxygen atoms in total. The lowest BCUT2D eigenvalue weighted by atomic mass is 10.1. The third-order valence-electron chi connectivity index (χ3n) is 3.77. The van der Waals surface area contributed by atoms with Crippen LogP contribution in [0.25, 0.3) is 0 Å². The first-order valence-corrected chi connectivity index (χ1v) is 7.14. The Morgan fingerprint density at radius 2 is 2.24 bits per heavy atom. The maximum absolute atomic E-state index is 11.0. The van der Waals surface area contributed by atoms with Crippen LogP contribution >= 0.6 is 0 Å². The molecule has 1 aliphatic rings. The molecular formula is C14H19N5O2. The molecule has 1 atom stereocenters. The average Bonchev–Trinajstić information content (AvgIpc) is 2.53. The van der Waals surface area contributed by atoms with Gasteiger partial charge in [0, 0.05) is 24.8 Å². The second-order valence-corrected chi connectivity index (χ2v) is 5.29. The Morgan fingerprint density at radius 3 is 2.86 bits per heavy atom. The molecule has 0 amide bonds. The molecule has 1 fully saturated rings. The summed E-state index contributed by atoms with van der Waals surface area (Å²) >= 11 is 0. The van der Waals surface area contributed by atoms with E-state index in [4.69, 9.17) is 5.26 Å². The van der Waals surface area contributed by atoms with Crippen LogP contribution in [0.4, 0.5) is 11.5 Å². The maximum Gasteiger partial charge on any atom is 0.312 e. The molecule has 1 saturated heterocycles. The minimum Gasteiger partial charge on any atom is -0.363 e. The number of hydrogen-bond acceptors (Lipinski definition) is 6. The van der Waals surface area contributed by atoms with Crippen molar-refractivity contribution in [2.45, 2.75) is 32.2 Å². The van der Waals surface area contributed by atoms with Crippen LogP contribution < -0.4 is 5.32 Å². The summed E-state index contributed by atoms with van der Waals surface area (Å²) < 4.78 is 0. The summed E-state index contributed by atoms with van der Waals surface area (Å²) in [7, 11) is 0. The van der Waals surface area contributed by atoms with Crippen LogP contribution in [0.1, 0.15) is 31.7 Å². The summed E-state index contributed by atoms with van der Waals surface area (Å²) in [5.74, 6) is 0.225. The number of aromatic nitrogens is 1. The van der Waals surface area contributed by atoms with Crippen molar-refractivity contribution >= 4 is 11.5 Å². The number of pyridine rings is 1. The average molecular weight is 289 g/mol. The lowest BCUT2D eigenvalue weighted by Crippen LogP contribution is -2.41. The first kappa shape index (κ1) is 15.2. The molecule has 0 saturated carbocycles. The number of hydrogen-bond donors (Lipinski definition) is 1. The SMILES string of the molecule is CC(CNc1ncc(C#N)cc1[N+](=O)[O-])N1CCCCC1. The second-order valence-electron chi connectivity index (χ2n) is 5.29. The molecule has 1 unspecified atom stereocenters. The van der Waals surface area contributed by atoms with Gasteiger partial charge in [0.15, 0.2) is 0 Å². The van der Waals surface area contributed by atoms with Gasteiger partial charge in [-0.05, 0) is 32.9 Å². The van der Waals surface area contributed by atoms with Crippen LogP contribution in [0.5, 0.6) is 0 Å². The fraction of sp³-hybridized carbons (Fsp3) is 0.571. The highest BCUT2D eigenvalue weighted by Crippen LogP contribution is 2.22. The lowest BCUT2D eigenvalue weighted by molar-refractivity contribution is -0.384. The van der Waals surface area contributed by atoms with E-state index < -0.39 is 4.92 Å². The van der Waals surface area contributed by atoms with E-state index in [0.29, 0.717) is 12.6 Å². The lowest BCUT2D eigenvalue weighted by Gasteiger charge is -2.32. The fourth-order valence-corrected chi connectivity index (χ4v) is 2.52. The van der Waals surface area contributed by atoms with E-state index in [1.807, 2.05) is 6.07 Å². The third kappa shape index (κ3) is 3.89. The van der Waals surface area contributed by atoms with E-state index in [1.165, 1.54) is 31.5 Å². The Labute approximate surface area is 123 Å². The molecule has 1 N–H and O–H groups in total. The summed E-state index contributed by atoms with van der Waals surface area (Å²) in [6.45, 7) is 4.85. The van der Waals surface area contributed by atoms with E-state index >= 15 is 0 Å². The molecule has 1 aromatic heterocycles. The molecule has 0 aromatic carbocycles. The summed E-state index contributed by atoms with van der Waals surface area (Å²) in [6.07, 6.45) is 5.04. The van der Waals surface area contributed by atoms with Crippen molar-refractivity contribution in [3.8, 4) is 6.07 Å². The molecule has 1 aromatic rings. The Hall–Kier alpha value is -2.20. The summed E-state index contributed by atoms with van der Waals surface area (Å²) in [5.41, 5.74) is 0.0382. The van der Waals surface area contributed by atoms with Gasteiger partial charge < -0.3 is 5.32 Å². The zero-order valence-corrected chi connectivity index (χ0v) is 12.1. The normalized spacial score (nSPS) is 17.0. The zero-order valence-electron chi connectivity index (χ0n) is 12.1.